The molecule has 3 unspecified atom stereocenters. The molecule has 5 heteroatoms. The topological polar surface area (TPSA) is 41.1 Å². The maximum Gasteiger partial charge on any atom is 0.241 e. The van der Waals surface area contributed by atoms with Crippen LogP contribution in [0.5, 0.6) is 0 Å². The summed E-state index contributed by atoms with van der Waals surface area (Å²) in [7, 11) is 0. The van der Waals surface area contributed by atoms with Crippen molar-refractivity contribution in [3.05, 3.63) is 29.0 Å². The van der Waals surface area contributed by atoms with Gasteiger partial charge in [-0.15, -0.1) is 0 Å². The van der Waals surface area contributed by atoms with Crippen molar-refractivity contribution in [1.82, 2.24) is 5.32 Å². The number of fused-ring (bicyclic) bond motifs is 1. The zero-order chi connectivity index (χ0) is 14.1. The average Bonchev–Trinajstić information content (AvgIpc) is 2.86. The molecule has 1 saturated carbocycles. The van der Waals surface area contributed by atoms with Crippen molar-refractivity contribution in [1.29, 1.82) is 0 Å². The first-order chi connectivity index (χ1) is 9.63. The van der Waals surface area contributed by atoms with Gasteiger partial charge in [0, 0.05) is 11.1 Å². The van der Waals surface area contributed by atoms with E-state index in [1.165, 1.54) is 31.4 Å². The number of hydrogen-bond donors (Lipinski definition) is 2. The molecule has 0 bridgehead atoms. The lowest BCUT2D eigenvalue weighted by molar-refractivity contribution is -0.117. The standard InChI is InChI=1S/C15H18ClFN2O/c16-10-5-6-13(11(17)8-10)19-15(20)14-7-9-3-1-2-4-12(9)18-14/h5-6,8-9,12,14,18H,1-4,7H2,(H,19,20). The monoisotopic (exact) mass is 296 g/mol. The summed E-state index contributed by atoms with van der Waals surface area (Å²) in [6, 6.07) is 4.52. The van der Waals surface area contributed by atoms with Gasteiger partial charge in [0.25, 0.3) is 0 Å². The van der Waals surface area contributed by atoms with E-state index >= 15 is 0 Å². The van der Waals surface area contributed by atoms with Crippen LogP contribution in [0.15, 0.2) is 18.2 Å². The second-order valence-electron chi connectivity index (χ2n) is 5.72. The minimum absolute atomic E-state index is 0.152. The average molecular weight is 297 g/mol. The third-order valence-electron chi connectivity index (χ3n) is 4.37. The van der Waals surface area contributed by atoms with Crippen LogP contribution in [0.4, 0.5) is 10.1 Å². The summed E-state index contributed by atoms with van der Waals surface area (Å²) < 4.78 is 13.7. The predicted molar refractivity (Wildman–Crippen MR) is 77.3 cm³/mol. The zero-order valence-electron chi connectivity index (χ0n) is 11.2. The summed E-state index contributed by atoms with van der Waals surface area (Å²) in [5.74, 6) is -0.0588. The summed E-state index contributed by atoms with van der Waals surface area (Å²) in [4.78, 5) is 12.2. The molecule has 2 N–H and O–H groups in total. The first kappa shape index (κ1) is 13.8. The molecule has 3 nitrogen and oxygen atoms in total. The van der Waals surface area contributed by atoms with Gasteiger partial charge in [-0.2, -0.15) is 0 Å². The molecule has 1 aromatic rings. The minimum Gasteiger partial charge on any atom is -0.322 e. The van der Waals surface area contributed by atoms with E-state index in [4.69, 9.17) is 11.6 Å². The second-order valence-corrected chi connectivity index (χ2v) is 6.16. The zero-order valence-corrected chi connectivity index (χ0v) is 11.9. The molecule has 1 aliphatic heterocycles. The van der Waals surface area contributed by atoms with Crippen LogP contribution in [-0.2, 0) is 4.79 Å². The summed E-state index contributed by atoms with van der Waals surface area (Å²) in [5.41, 5.74) is 0.191. The molecule has 0 radical (unpaired) electrons. The van der Waals surface area contributed by atoms with Crippen LogP contribution < -0.4 is 10.6 Å². The predicted octanol–water partition coefficient (Wildman–Crippen LogP) is 3.34. The Kier molecular flexibility index (Phi) is 3.94. The van der Waals surface area contributed by atoms with Gasteiger partial charge in [-0.1, -0.05) is 24.4 Å². The van der Waals surface area contributed by atoms with Crippen molar-refractivity contribution in [2.24, 2.45) is 5.92 Å². The number of amides is 1. The van der Waals surface area contributed by atoms with Crippen molar-refractivity contribution >= 4 is 23.2 Å². The van der Waals surface area contributed by atoms with E-state index in [-0.39, 0.29) is 17.6 Å². The Morgan fingerprint density at radius 3 is 2.90 bits per heavy atom. The molecule has 1 heterocycles. The van der Waals surface area contributed by atoms with Gasteiger partial charge in [0.2, 0.25) is 5.91 Å². The lowest BCUT2D eigenvalue weighted by Gasteiger charge is -2.24. The van der Waals surface area contributed by atoms with Crippen LogP contribution in [0.3, 0.4) is 0 Å². The molecule has 108 valence electrons. The van der Waals surface area contributed by atoms with Gasteiger partial charge < -0.3 is 10.6 Å². The van der Waals surface area contributed by atoms with Crippen LogP contribution in [0.1, 0.15) is 32.1 Å². The summed E-state index contributed by atoms with van der Waals surface area (Å²) in [6.07, 6.45) is 5.67. The van der Waals surface area contributed by atoms with Crippen LogP contribution in [0, 0.1) is 11.7 Å². The van der Waals surface area contributed by atoms with E-state index in [1.807, 2.05) is 0 Å². The number of anilines is 1. The first-order valence-corrected chi connectivity index (χ1v) is 7.53. The third kappa shape index (κ3) is 2.81. The van der Waals surface area contributed by atoms with E-state index in [2.05, 4.69) is 10.6 Å². The van der Waals surface area contributed by atoms with E-state index < -0.39 is 5.82 Å². The van der Waals surface area contributed by atoms with Gasteiger partial charge >= 0.3 is 0 Å². The van der Waals surface area contributed by atoms with Crippen molar-refractivity contribution in [2.75, 3.05) is 5.32 Å². The highest BCUT2D eigenvalue weighted by atomic mass is 35.5. The maximum absolute atomic E-state index is 13.7. The van der Waals surface area contributed by atoms with E-state index in [0.717, 1.165) is 12.8 Å². The van der Waals surface area contributed by atoms with Gasteiger partial charge in [-0.3, -0.25) is 4.79 Å². The number of carbonyl (C=O) groups excluding carboxylic acids is 1. The highest BCUT2D eigenvalue weighted by molar-refractivity contribution is 6.30. The van der Waals surface area contributed by atoms with Gasteiger partial charge in [-0.05, 0) is 43.4 Å². The minimum atomic E-state index is -0.499. The SMILES string of the molecule is O=C(Nc1ccc(Cl)cc1F)C1CC2CCCCC2N1. The second kappa shape index (κ2) is 5.70. The molecule has 1 saturated heterocycles. The molecular formula is C15H18ClFN2O. The van der Waals surface area contributed by atoms with Crippen molar-refractivity contribution in [3.63, 3.8) is 0 Å². The summed E-state index contributed by atoms with van der Waals surface area (Å²) >= 11 is 5.70. The molecule has 2 fully saturated rings. The first-order valence-electron chi connectivity index (χ1n) is 7.15. The van der Waals surface area contributed by atoms with Crippen LogP contribution in [0.25, 0.3) is 0 Å². The van der Waals surface area contributed by atoms with Crippen molar-refractivity contribution in [3.8, 4) is 0 Å². The van der Waals surface area contributed by atoms with Gasteiger partial charge in [0.05, 0.1) is 11.7 Å². The Balaban J connectivity index is 1.65. The number of rotatable bonds is 2. The Hall–Kier alpha value is -1.13. The van der Waals surface area contributed by atoms with Crippen LogP contribution in [-0.4, -0.2) is 18.0 Å². The number of nitrogens with one attached hydrogen (secondary N) is 2. The van der Waals surface area contributed by atoms with Crippen molar-refractivity contribution in [2.45, 2.75) is 44.2 Å². The Morgan fingerprint density at radius 1 is 1.35 bits per heavy atom. The molecule has 3 rings (SSSR count). The molecule has 1 aromatic carbocycles. The van der Waals surface area contributed by atoms with Gasteiger partial charge in [-0.25, -0.2) is 4.39 Å². The Labute approximate surface area is 122 Å². The van der Waals surface area contributed by atoms with Crippen LogP contribution in [0.2, 0.25) is 5.02 Å². The molecule has 0 spiro atoms. The van der Waals surface area contributed by atoms with E-state index in [0.29, 0.717) is 17.0 Å². The molecule has 2 aliphatic rings. The van der Waals surface area contributed by atoms with Gasteiger partial charge in [0.1, 0.15) is 5.82 Å². The molecule has 1 aliphatic carbocycles. The largest absolute Gasteiger partial charge is 0.322 e. The smallest absolute Gasteiger partial charge is 0.241 e. The number of benzene rings is 1. The quantitative estimate of drug-likeness (QED) is 0.879. The third-order valence-corrected chi connectivity index (χ3v) is 4.60. The van der Waals surface area contributed by atoms with Crippen molar-refractivity contribution < 1.29 is 9.18 Å². The number of carbonyl (C=O) groups is 1. The number of halogens is 2. The lowest BCUT2D eigenvalue weighted by Crippen LogP contribution is -2.40. The lowest BCUT2D eigenvalue weighted by atomic mass is 9.85. The molecule has 20 heavy (non-hydrogen) atoms. The Bertz CT molecular complexity index is 509. The normalized spacial score (nSPS) is 29.0. The highest BCUT2D eigenvalue weighted by Crippen LogP contribution is 2.33. The summed E-state index contributed by atoms with van der Waals surface area (Å²) in [5, 5.41) is 6.36. The Morgan fingerprint density at radius 2 is 2.15 bits per heavy atom. The van der Waals surface area contributed by atoms with E-state index in [9.17, 15) is 9.18 Å². The fourth-order valence-corrected chi connectivity index (χ4v) is 3.49. The molecule has 1 amide bonds. The molecular weight excluding hydrogens is 279 g/mol. The number of hydrogen-bond acceptors (Lipinski definition) is 2. The fourth-order valence-electron chi connectivity index (χ4n) is 3.33. The van der Waals surface area contributed by atoms with Gasteiger partial charge in [0.15, 0.2) is 0 Å². The van der Waals surface area contributed by atoms with Crippen LogP contribution >= 0.6 is 11.6 Å². The molecule has 3 atom stereocenters. The highest BCUT2D eigenvalue weighted by Gasteiger charge is 2.38. The van der Waals surface area contributed by atoms with E-state index in [1.54, 1.807) is 6.07 Å². The summed E-state index contributed by atoms with van der Waals surface area (Å²) in [6.45, 7) is 0. The maximum atomic E-state index is 13.7. The molecule has 0 aromatic heterocycles. The fraction of sp³-hybridized carbons (Fsp3) is 0.533.